The first-order chi connectivity index (χ1) is 13.3. The van der Waals surface area contributed by atoms with Gasteiger partial charge in [0.2, 0.25) is 5.91 Å². The summed E-state index contributed by atoms with van der Waals surface area (Å²) in [5.74, 6) is 1.52. The predicted molar refractivity (Wildman–Crippen MR) is 132 cm³/mol. The summed E-state index contributed by atoms with van der Waals surface area (Å²) in [4.78, 5) is 19.4. The minimum atomic E-state index is -0.362. The summed E-state index contributed by atoms with van der Waals surface area (Å²) in [6.07, 6.45) is 2.33. The van der Waals surface area contributed by atoms with Gasteiger partial charge in [-0.1, -0.05) is 47.5 Å². The number of carbonyl (C=O) groups is 1. The number of carbonyl (C=O) groups excluding carboxylic acids is 1. The van der Waals surface area contributed by atoms with Crippen molar-refractivity contribution in [1.82, 2.24) is 20.9 Å². The Labute approximate surface area is 195 Å². The van der Waals surface area contributed by atoms with Crippen LogP contribution in [0, 0.1) is 11.3 Å². The van der Waals surface area contributed by atoms with Crippen LogP contribution in [0.2, 0.25) is 0 Å². The van der Waals surface area contributed by atoms with E-state index in [2.05, 4.69) is 41.6 Å². The number of hydrogen-bond donors (Lipinski definition) is 3. The number of nitrogens with one attached hydrogen (secondary N) is 3. The maximum Gasteiger partial charge on any atom is 0.225 e. The molecule has 1 fully saturated rings. The molecule has 8 heteroatoms. The highest BCUT2D eigenvalue weighted by Crippen LogP contribution is 2.20. The maximum atomic E-state index is 12.0. The van der Waals surface area contributed by atoms with Crippen LogP contribution in [0.25, 0.3) is 0 Å². The summed E-state index contributed by atoms with van der Waals surface area (Å²) in [6, 6.07) is 0.440. The van der Waals surface area contributed by atoms with Gasteiger partial charge in [0.1, 0.15) is 0 Å². The molecule has 1 unspecified atom stereocenters. The number of amides is 1. The summed E-state index contributed by atoms with van der Waals surface area (Å²) in [5.41, 5.74) is -0.362. The monoisotopic (exact) mass is 525 g/mol. The third kappa shape index (κ3) is 10.8. The quantitative estimate of drug-likeness (QED) is 0.177. The second-order valence-corrected chi connectivity index (χ2v) is 8.44. The summed E-state index contributed by atoms with van der Waals surface area (Å²) >= 11 is 0. The minimum absolute atomic E-state index is 0. The summed E-state index contributed by atoms with van der Waals surface area (Å²) in [6.45, 7) is 18.8. The van der Waals surface area contributed by atoms with E-state index in [0.717, 1.165) is 58.2 Å². The molecular weight excluding hydrogens is 481 g/mol. The van der Waals surface area contributed by atoms with Crippen molar-refractivity contribution in [2.75, 3.05) is 52.5 Å². The van der Waals surface area contributed by atoms with Crippen LogP contribution >= 0.6 is 24.0 Å². The molecule has 1 rings (SSSR count). The average molecular weight is 526 g/mol. The lowest BCUT2D eigenvalue weighted by atomic mass is 9.92. The molecule has 172 valence electrons. The highest BCUT2D eigenvalue weighted by Gasteiger charge is 2.26. The van der Waals surface area contributed by atoms with Crippen molar-refractivity contribution < 1.29 is 9.53 Å². The lowest BCUT2D eigenvalue weighted by molar-refractivity contribution is -0.128. The van der Waals surface area contributed by atoms with Crippen molar-refractivity contribution in [3.05, 3.63) is 0 Å². The minimum Gasteiger partial charge on any atom is -0.379 e. The van der Waals surface area contributed by atoms with E-state index < -0.39 is 0 Å². The molecule has 3 N–H and O–H groups in total. The van der Waals surface area contributed by atoms with E-state index in [0.29, 0.717) is 25.0 Å². The van der Waals surface area contributed by atoms with Gasteiger partial charge in [-0.3, -0.25) is 14.7 Å². The third-order valence-corrected chi connectivity index (χ3v) is 5.27. The zero-order chi connectivity index (χ0) is 21.0. The van der Waals surface area contributed by atoms with Gasteiger partial charge in [-0.2, -0.15) is 0 Å². The molecule has 0 aromatic rings. The van der Waals surface area contributed by atoms with E-state index >= 15 is 0 Å². The number of halogens is 1. The Bertz CT molecular complexity index is 472. The van der Waals surface area contributed by atoms with Crippen LogP contribution in [0.5, 0.6) is 0 Å². The molecule has 1 amide bonds. The molecule has 0 aromatic heterocycles. The fraction of sp³-hybridized carbons (Fsp3) is 0.905. The van der Waals surface area contributed by atoms with E-state index in [9.17, 15) is 4.79 Å². The molecule has 1 aliphatic rings. The maximum absolute atomic E-state index is 12.0. The molecular formula is C21H44IN5O2. The smallest absolute Gasteiger partial charge is 0.225 e. The number of aliphatic imine (C=N–C) groups is 1. The SMILES string of the molecule is CCNC(=NCC(C(CC)CC)N1CCOCC1)NCCNC(=O)C(C)(C)C.I. The second-order valence-electron chi connectivity index (χ2n) is 8.44. The third-order valence-electron chi connectivity index (χ3n) is 5.27. The fourth-order valence-corrected chi connectivity index (χ4v) is 3.45. The van der Waals surface area contributed by atoms with Gasteiger partial charge >= 0.3 is 0 Å². The Morgan fingerprint density at radius 1 is 1.03 bits per heavy atom. The van der Waals surface area contributed by atoms with Crippen molar-refractivity contribution in [2.24, 2.45) is 16.3 Å². The van der Waals surface area contributed by atoms with Crippen LogP contribution in [-0.2, 0) is 9.53 Å². The molecule has 1 saturated heterocycles. The molecule has 7 nitrogen and oxygen atoms in total. The second kappa shape index (κ2) is 15.2. The zero-order valence-electron chi connectivity index (χ0n) is 19.3. The Morgan fingerprint density at radius 3 is 2.14 bits per heavy atom. The van der Waals surface area contributed by atoms with Gasteiger partial charge in [0, 0.05) is 44.2 Å². The number of nitrogens with zero attached hydrogens (tertiary/aromatic N) is 2. The molecule has 29 heavy (non-hydrogen) atoms. The molecule has 1 heterocycles. The van der Waals surface area contributed by atoms with E-state index in [-0.39, 0.29) is 35.3 Å². The average Bonchev–Trinajstić information content (AvgIpc) is 2.67. The van der Waals surface area contributed by atoms with Gasteiger partial charge in [0.15, 0.2) is 5.96 Å². The standard InChI is InChI=1S/C21H43N5O2.HI/c1-7-17(8-2)18(26-12-14-28-15-13-26)16-25-20(22-9-3)24-11-10-23-19(27)21(4,5)6;/h17-18H,7-16H2,1-6H3,(H,23,27)(H2,22,24,25);1H. The fourth-order valence-electron chi connectivity index (χ4n) is 3.45. The van der Waals surface area contributed by atoms with Gasteiger partial charge in [-0.25, -0.2) is 0 Å². The molecule has 0 aliphatic carbocycles. The number of ether oxygens (including phenoxy) is 1. The van der Waals surface area contributed by atoms with E-state index in [1.807, 2.05) is 20.8 Å². The summed E-state index contributed by atoms with van der Waals surface area (Å²) in [5, 5.41) is 9.63. The molecule has 0 radical (unpaired) electrons. The van der Waals surface area contributed by atoms with E-state index in [1.165, 1.54) is 0 Å². The highest BCUT2D eigenvalue weighted by molar-refractivity contribution is 14.0. The largest absolute Gasteiger partial charge is 0.379 e. The van der Waals surface area contributed by atoms with Gasteiger partial charge in [0.25, 0.3) is 0 Å². The lowest BCUT2D eigenvalue weighted by Gasteiger charge is -2.38. The number of guanidine groups is 1. The van der Waals surface area contributed by atoms with Crippen molar-refractivity contribution in [3.8, 4) is 0 Å². The van der Waals surface area contributed by atoms with Crippen molar-refractivity contribution in [3.63, 3.8) is 0 Å². The normalized spacial score (nSPS) is 16.9. The first-order valence-electron chi connectivity index (χ1n) is 11.0. The summed E-state index contributed by atoms with van der Waals surface area (Å²) in [7, 11) is 0. The van der Waals surface area contributed by atoms with Crippen molar-refractivity contribution in [2.45, 2.75) is 60.4 Å². The van der Waals surface area contributed by atoms with Crippen molar-refractivity contribution >= 4 is 35.8 Å². The first kappa shape index (κ1) is 28.4. The van der Waals surface area contributed by atoms with Crippen LogP contribution in [0.15, 0.2) is 4.99 Å². The predicted octanol–water partition coefficient (Wildman–Crippen LogP) is 2.46. The zero-order valence-corrected chi connectivity index (χ0v) is 21.7. The van der Waals surface area contributed by atoms with Crippen LogP contribution in [-0.4, -0.2) is 75.3 Å². The van der Waals surface area contributed by atoms with Gasteiger partial charge in [-0.15, -0.1) is 24.0 Å². The molecule has 0 spiro atoms. The first-order valence-corrected chi connectivity index (χ1v) is 11.0. The molecule has 0 saturated carbocycles. The summed E-state index contributed by atoms with van der Waals surface area (Å²) < 4.78 is 5.53. The number of rotatable bonds is 10. The highest BCUT2D eigenvalue weighted by atomic mass is 127. The Morgan fingerprint density at radius 2 is 1.62 bits per heavy atom. The van der Waals surface area contributed by atoms with Crippen LogP contribution in [0.4, 0.5) is 0 Å². The number of hydrogen-bond acceptors (Lipinski definition) is 4. The van der Waals surface area contributed by atoms with E-state index in [4.69, 9.17) is 9.73 Å². The molecule has 1 aliphatic heterocycles. The van der Waals surface area contributed by atoms with Gasteiger partial charge < -0.3 is 20.7 Å². The van der Waals surface area contributed by atoms with E-state index in [1.54, 1.807) is 0 Å². The Kier molecular flexibility index (Phi) is 14.9. The lowest BCUT2D eigenvalue weighted by Crippen LogP contribution is -2.49. The molecule has 0 aromatic carbocycles. The van der Waals surface area contributed by atoms with Gasteiger partial charge in [0.05, 0.1) is 19.8 Å². The topological polar surface area (TPSA) is 78.0 Å². The van der Waals surface area contributed by atoms with Crippen LogP contribution in [0.1, 0.15) is 54.4 Å². The number of morpholine rings is 1. The van der Waals surface area contributed by atoms with Crippen LogP contribution < -0.4 is 16.0 Å². The molecule has 1 atom stereocenters. The van der Waals surface area contributed by atoms with Gasteiger partial charge in [-0.05, 0) is 12.8 Å². The Balaban J connectivity index is 0.00000784. The van der Waals surface area contributed by atoms with Crippen molar-refractivity contribution in [1.29, 1.82) is 0 Å². The molecule has 0 bridgehead atoms. The van der Waals surface area contributed by atoms with Crippen LogP contribution in [0.3, 0.4) is 0 Å². The Hall–Kier alpha value is -0.610.